The van der Waals surface area contributed by atoms with Crippen molar-refractivity contribution in [2.75, 3.05) is 0 Å². The molecule has 1 aromatic carbocycles. The van der Waals surface area contributed by atoms with E-state index in [9.17, 15) is 0 Å². The predicted molar refractivity (Wildman–Crippen MR) is 75.4 cm³/mol. The lowest BCUT2D eigenvalue weighted by atomic mass is 10.2. The van der Waals surface area contributed by atoms with Crippen molar-refractivity contribution in [3.63, 3.8) is 0 Å². The number of nitrogens with zero attached hydrogens (tertiary/aromatic N) is 5. The van der Waals surface area contributed by atoms with Gasteiger partial charge in [-0.2, -0.15) is 9.94 Å². The minimum Gasteiger partial charge on any atom is -0.384 e. The lowest BCUT2D eigenvalue weighted by molar-refractivity contribution is 0.755. The van der Waals surface area contributed by atoms with Gasteiger partial charge in [-0.1, -0.05) is 39.8 Å². The number of amidine groups is 1. The number of aromatic nitrogens is 3. The molecule has 0 saturated heterocycles. The fourth-order valence-corrected chi connectivity index (χ4v) is 2.87. The van der Waals surface area contributed by atoms with Crippen LogP contribution < -0.4 is 5.73 Å². The van der Waals surface area contributed by atoms with Gasteiger partial charge in [0.05, 0.1) is 6.07 Å². The molecule has 0 aliphatic carbocycles. The van der Waals surface area contributed by atoms with Crippen LogP contribution in [-0.4, -0.2) is 26.0 Å². The zero-order chi connectivity index (χ0) is 13.4. The summed E-state index contributed by atoms with van der Waals surface area (Å²) in [4.78, 5) is 0. The summed E-state index contributed by atoms with van der Waals surface area (Å²) in [5.74, 6) is 0.849. The Labute approximate surface area is 121 Å². The average Bonchev–Trinajstić information content (AvgIpc) is 2.81. The van der Waals surface area contributed by atoms with Crippen LogP contribution in [0.2, 0.25) is 0 Å². The molecule has 1 aliphatic rings. The van der Waals surface area contributed by atoms with E-state index in [4.69, 9.17) is 11.0 Å². The highest BCUT2D eigenvalue weighted by Crippen LogP contribution is 2.32. The van der Waals surface area contributed by atoms with E-state index < -0.39 is 5.25 Å². The molecule has 2 aromatic rings. The van der Waals surface area contributed by atoms with Gasteiger partial charge in [-0.15, -0.1) is 15.3 Å². The van der Waals surface area contributed by atoms with E-state index in [-0.39, 0.29) is 5.84 Å². The van der Waals surface area contributed by atoms with E-state index in [2.05, 4.69) is 37.3 Å². The first-order valence-electron chi connectivity index (χ1n) is 5.31. The molecule has 0 amide bonds. The van der Waals surface area contributed by atoms with Gasteiger partial charge in [0.25, 0.3) is 0 Å². The molecule has 94 valence electrons. The number of thioether (sulfide) groups is 1. The minimum absolute atomic E-state index is 0.258. The molecular weight excluding hydrogens is 328 g/mol. The summed E-state index contributed by atoms with van der Waals surface area (Å²) in [5.41, 5.74) is 6.64. The summed E-state index contributed by atoms with van der Waals surface area (Å²) in [6, 6.07) is 9.72. The van der Waals surface area contributed by atoms with Gasteiger partial charge in [0.1, 0.15) is 5.84 Å². The molecular formula is C11H7BrN6S. The first-order chi connectivity index (χ1) is 9.20. The fourth-order valence-electron chi connectivity index (χ4n) is 1.67. The smallest absolute Gasteiger partial charge is 0.214 e. The summed E-state index contributed by atoms with van der Waals surface area (Å²) < 4.78 is 2.46. The van der Waals surface area contributed by atoms with Crippen molar-refractivity contribution in [1.29, 1.82) is 5.26 Å². The molecule has 0 saturated carbocycles. The van der Waals surface area contributed by atoms with E-state index in [0.717, 1.165) is 10.0 Å². The molecule has 19 heavy (non-hydrogen) atoms. The number of benzene rings is 1. The molecule has 2 N–H and O–H groups in total. The Kier molecular flexibility index (Phi) is 3.00. The van der Waals surface area contributed by atoms with Crippen molar-refractivity contribution >= 4 is 33.5 Å². The van der Waals surface area contributed by atoms with Gasteiger partial charge in [-0.3, -0.25) is 0 Å². The third kappa shape index (κ3) is 2.01. The highest BCUT2D eigenvalue weighted by atomic mass is 79.9. The molecule has 0 radical (unpaired) electrons. The third-order valence-corrected chi connectivity index (χ3v) is 4.29. The second-order valence-electron chi connectivity index (χ2n) is 3.75. The Bertz CT molecular complexity index is 716. The first-order valence-corrected chi connectivity index (χ1v) is 6.99. The molecule has 2 heterocycles. The number of rotatable bonds is 1. The molecule has 0 bridgehead atoms. The van der Waals surface area contributed by atoms with E-state index in [1.807, 2.05) is 24.3 Å². The largest absolute Gasteiger partial charge is 0.384 e. The molecule has 3 rings (SSSR count). The van der Waals surface area contributed by atoms with Crippen LogP contribution in [0.1, 0.15) is 0 Å². The van der Waals surface area contributed by atoms with Crippen molar-refractivity contribution in [2.45, 2.75) is 10.4 Å². The van der Waals surface area contributed by atoms with Gasteiger partial charge in [0.15, 0.2) is 11.1 Å². The van der Waals surface area contributed by atoms with Gasteiger partial charge in [-0.05, 0) is 12.1 Å². The van der Waals surface area contributed by atoms with Crippen LogP contribution in [0.15, 0.2) is 39.0 Å². The quantitative estimate of drug-likeness (QED) is 0.858. The number of halogens is 1. The van der Waals surface area contributed by atoms with E-state index in [1.165, 1.54) is 11.8 Å². The Balaban J connectivity index is 2.14. The summed E-state index contributed by atoms with van der Waals surface area (Å²) in [5, 5.41) is 21.4. The van der Waals surface area contributed by atoms with Crippen LogP contribution in [0.3, 0.4) is 0 Å². The Morgan fingerprint density at radius 2 is 2.16 bits per heavy atom. The third-order valence-electron chi connectivity index (χ3n) is 2.55. The number of hydrogen-bond donors (Lipinski definition) is 1. The summed E-state index contributed by atoms with van der Waals surface area (Å²) in [7, 11) is 0. The Hall–Kier alpha value is -1.85. The van der Waals surface area contributed by atoms with Gasteiger partial charge in [-0.25, -0.2) is 0 Å². The van der Waals surface area contributed by atoms with Crippen LogP contribution in [0, 0.1) is 11.3 Å². The fraction of sp³-hybridized carbons (Fsp3) is 0.0909. The SMILES string of the molecule is N#CC1Sc2nnc(-c3ccccc3Br)n2N=C1N. The van der Waals surface area contributed by atoms with Gasteiger partial charge >= 0.3 is 0 Å². The van der Waals surface area contributed by atoms with Crippen molar-refractivity contribution < 1.29 is 0 Å². The second kappa shape index (κ2) is 4.68. The van der Waals surface area contributed by atoms with E-state index >= 15 is 0 Å². The van der Waals surface area contributed by atoms with Crippen molar-refractivity contribution in [3.05, 3.63) is 28.7 Å². The number of nitriles is 1. The highest BCUT2D eigenvalue weighted by Gasteiger charge is 2.26. The van der Waals surface area contributed by atoms with Gasteiger partial charge < -0.3 is 5.73 Å². The van der Waals surface area contributed by atoms with Crippen molar-refractivity contribution in [3.8, 4) is 17.5 Å². The van der Waals surface area contributed by atoms with Crippen LogP contribution in [0.5, 0.6) is 0 Å². The highest BCUT2D eigenvalue weighted by molar-refractivity contribution is 9.10. The lowest BCUT2D eigenvalue weighted by Gasteiger charge is -2.14. The van der Waals surface area contributed by atoms with E-state index in [1.54, 1.807) is 4.68 Å². The van der Waals surface area contributed by atoms with Gasteiger partial charge in [0, 0.05) is 10.0 Å². The minimum atomic E-state index is -0.510. The first kappa shape index (κ1) is 12.2. The normalized spacial score (nSPS) is 17.5. The number of hydrogen-bond acceptors (Lipinski definition) is 6. The molecule has 1 atom stereocenters. The van der Waals surface area contributed by atoms with Gasteiger partial charge in [0.2, 0.25) is 5.16 Å². The number of nitrogens with two attached hydrogens (primary N) is 1. The predicted octanol–water partition coefficient (Wildman–Crippen LogP) is 1.83. The maximum absolute atomic E-state index is 8.96. The zero-order valence-corrected chi connectivity index (χ0v) is 11.9. The van der Waals surface area contributed by atoms with Crippen LogP contribution in [-0.2, 0) is 0 Å². The average molecular weight is 335 g/mol. The molecule has 1 aliphatic heterocycles. The molecule has 0 spiro atoms. The Morgan fingerprint density at radius 1 is 1.37 bits per heavy atom. The van der Waals surface area contributed by atoms with Crippen molar-refractivity contribution in [1.82, 2.24) is 14.9 Å². The second-order valence-corrected chi connectivity index (χ2v) is 5.68. The lowest BCUT2D eigenvalue weighted by Crippen LogP contribution is -2.29. The van der Waals surface area contributed by atoms with Crippen molar-refractivity contribution in [2.24, 2.45) is 10.8 Å². The molecule has 0 fully saturated rings. The topological polar surface area (TPSA) is 92.9 Å². The maximum atomic E-state index is 8.96. The van der Waals surface area contributed by atoms with Crippen LogP contribution in [0.4, 0.5) is 0 Å². The standard InChI is InChI=1S/C11H7BrN6S/c12-7-4-2-1-3-6(7)10-15-16-11-18(10)17-9(14)8(5-13)19-11/h1-4,8H,(H2,14,17). The molecule has 8 heteroatoms. The summed E-state index contributed by atoms with van der Waals surface area (Å²) in [6.07, 6.45) is 0. The monoisotopic (exact) mass is 334 g/mol. The molecule has 6 nitrogen and oxygen atoms in total. The summed E-state index contributed by atoms with van der Waals surface area (Å²) in [6.45, 7) is 0. The number of fused-ring (bicyclic) bond motifs is 1. The molecule has 1 unspecified atom stereocenters. The van der Waals surface area contributed by atoms with E-state index in [0.29, 0.717) is 11.0 Å². The van der Waals surface area contributed by atoms with Crippen LogP contribution >= 0.6 is 27.7 Å². The maximum Gasteiger partial charge on any atom is 0.214 e. The molecule has 1 aromatic heterocycles. The Morgan fingerprint density at radius 3 is 2.89 bits per heavy atom. The summed E-state index contributed by atoms with van der Waals surface area (Å²) >= 11 is 4.71. The zero-order valence-electron chi connectivity index (χ0n) is 9.49. The van der Waals surface area contributed by atoms with Crippen LogP contribution in [0.25, 0.3) is 11.4 Å².